The molecule has 1 amide bonds. The number of pyridine rings is 1. The van der Waals surface area contributed by atoms with E-state index in [1.807, 2.05) is 40.9 Å². The van der Waals surface area contributed by atoms with Crippen molar-refractivity contribution < 1.29 is 4.79 Å². The predicted molar refractivity (Wildman–Crippen MR) is 83.1 cm³/mol. The maximum Gasteiger partial charge on any atom is 0.255 e. The number of halogens is 2. The summed E-state index contributed by atoms with van der Waals surface area (Å²) in [6.45, 7) is 1.87. The second-order valence-electron chi connectivity index (χ2n) is 4.67. The van der Waals surface area contributed by atoms with E-state index in [0.717, 1.165) is 25.2 Å². The SMILES string of the molecule is CN(C(=O)c1ccc2nccn2c1)C1CCNC1.Cl.Cl. The number of nitrogens with zero attached hydrogens (tertiary/aromatic N) is 3. The Morgan fingerprint density at radius 2 is 2.25 bits per heavy atom. The van der Waals surface area contributed by atoms with E-state index in [2.05, 4.69) is 10.3 Å². The highest BCUT2D eigenvalue weighted by atomic mass is 35.5. The van der Waals surface area contributed by atoms with E-state index >= 15 is 0 Å². The van der Waals surface area contributed by atoms with Gasteiger partial charge in [-0.15, -0.1) is 24.8 Å². The van der Waals surface area contributed by atoms with Crippen LogP contribution in [-0.4, -0.2) is 46.4 Å². The molecule has 0 aromatic carbocycles. The molecule has 7 heteroatoms. The summed E-state index contributed by atoms with van der Waals surface area (Å²) in [6, 6.07) is 4.01. The van der Waals surface area contributed by atoms with E-state index in [1.165, 1.54) is 0 Å². The van der Waals surface area contributed by atoms with E-state index in [-0.39, 0.29) is 30.7 Å². The van der Waals surface area contributed by atoms with Gasteiger partial charge in [0.15, 0.2) is 0 Å². The lowest BCUT2D eigenvalue weighted by atomic mass is 10.2. The summed E-state index contributed by atoms with van der Waals surface area (Å²) < 4.78 is 1.87. The third-order valence-corrected chi connectivity index (χ3v) is 3.54. The van der Waals surface area contributed by atoms with E-state index in [1.54, 1.807) is 6.20 Å². The molecule has 3 rings (SSSR count). The molecule has 0 aliphatic carbocycles. The van der Waals surface area contributed by atoms with Crippen LogP contribution in [-0.2, 0) is 0 Å². The molecule has 20 heavy (non-hydrogen) atoms. The molecule has 2 aromatic rings. The molecule has 0 radical (unpaired) electrons. The monoisotopic (exact) mass is 316 g/mol. The van der Waals surface area contributed by atoms with Crippen LogP contribution in [0, 0.1) is 0 Å². The minimum atomic E-state index is 0. The molecule has 2 aromatic heterocycles. The molecule has 1 atom stereocenters. The van der Waals surface area contributed by atoms with Gasteiger partial charge < -0.3 is 14.6 Å². The lowest BCUT2D eigenvalue weighted by Crippen LogP contribution is -2.38. The van der Waals surface area contributed by atoms with Gasteiger partial charge >= 0.3 is 0 Å². The highest BCUT2D eigenvalue weighted by Gasteiger charge is 2.24. The van der Waals surface area contributed by atoms with Crippen molar-refractivity contribution >= 4 is 36.4 Å². The van der Waals surface area contributed by atoms with Crippen LogP contribution in [0.15, 0.2) is 30.7 Å². The summed E-state index contributed by atoms with van der Waals surface area (Å²) in [5, 5.41) is 3.28. The molecule has 1 aliphatic heterocycles. The highest BCUT2D eigenvalue weighted by molar-refractivity contribution is 5.94. The van der Waals surface area contributed by atoms with Gasteiger partial charge in [0.1, 0.15) is 5.65 Å². The number of fused-ring (bicyclic) bond motifs is 1. The van der Waals surface area contributed by atoms with Crippen molar-refractivity contribution in [1.82, 2.24) is 19.6 Å². The second kappa shape index (κ2) is 6.92. The van der Waals surface area contributed by atoms with Crippen LogP contribution >= 0.6 is 24.8 Å². The molecule has 110 valence electrons. The Morgan fingerprint density at radius 3 is 2.95 bits per heavy atom. The standard InChI is InChI=1S/C13H16N4O.2ClH/c1-16(11-4-5-14-8-11)13(18)10-2-3-12-15-6-7-17(12)9-10;;/h2-3,6-7,9,11,14H,4-5,8H2,1H3;2*1H. The summed E-state index contributed by atoms with van der Waals surface area (Å²) in [4.78, 5) is 18.4. The molecular weight excluding hydrogens is 299 g/mol. The Kier molecular flexibility index (Phi) is 5.80. The van der Waals surface area contributed by atoms with Gasteiger partial charge in [0.2, 0.25) is 0 Å². The Bertz CT molecular complexity index is 581. The largest absolute Gasteiger partial charge is 0.337 e. The minimum Gasteiger partial charge on any atom is -0.337 e. The van der Waals surface area contributed by atoms with Crippen molar-refractivity contribution in [3.05, 3.63) is 36.3 Å². The number of carbonyl (C=O) groups excluding carboxylic acids is 1. The number of aromatic nitrogens is 2. The number of carbonyl (C=O) groups is 1. The van der Waals surface area contributed by atoms with Gasteiger partial charge in [0.25, 0.3) is 5.91 Å². The molecule has 3 heterocycles. The third-order valence-electron chi connectivity index (χ3n) is 3.54. The number of amides is 1. The van der Waals surface area contributed by atoms with Crippen molar-refractivity contribution in [3.63, 3.8) is 0 Å². The van der Waals surface area contributed by atoms with Gasteiger partial charge in [0, 0.05) is 38.2 Å². The fourth-order valence-electron chi connectivity index (χ4n) is 2.39. The van der Waals surface area contributed by atoms with Gasteiger partial charge in [0.05, 0.1) is 5.56 Å². The number of rotatable bonds is 2. The van der Waals surface area contributed by atoms with Gasteiger partial charge in [-0.2, -0.15) is 0 Å². The Morgan fingerprint density at radius 1 is 1.45 bits per heavy atom. The average Bonchev–Trinajstić information content (AvgIpc) is 3.06. The molecule has 0 spiro atoms. The first-order valence-electron chi connectivity index (χ1n) is 6.16. The van der Waals surface area contributed by atoms with Crippen molar-refractivity contribution in [1.29, 1.82) is 0 Å². The van der Waals surface area contributed by atoms with Crippen LogP contribution in [0.5, 0.6) is 0 Å². The number of hydrogen-bond donors (Lipinski definition) is 1. The average molecular weight is 317 g/mol. The summed E-state index contributed by atoms with van der Waals surface area (Å²) >= 11 is 0. The lowest BCUT2D eigenvalue weighted by Gasteiger charge is -2.23. The van der Waals surface area contributed by atoms with Crippen LogP contribution < -0.4 is 5.32 Å². The van der Waals surface area contributed by atoms with Crippen molar-refractivity contribution in [2.24, 2.45) is 0 Å². The van der Waals surface area contributed by atoms with E-state index in [4.69, 9.17) is 0 Å². The predicted octanol–water partition coefficient (Wildman–Crippen LogP) is 1.61. The molecule has 1 saturated heterocycles. The molecule has 1 fully saturated rings. The summed E-state index contributed by atoms with van der Waals surface area (Å²) in [6.07, 6.45) is 6.44. The number of hydrogen-bond acceptors (Lipinski definition) is 3. The molecule has 1 N–H and O–H groups in total. The van der Waals surface area contributed by atoms with Crippen LogP contribution in [0.2, 0.25) is 0 Å². The van der Waals surface area contributed by atoms with Crippen molar-refractivity contribution in [2.75, 3.05) is 20.1 Å². The quantitative estimate of drug-likeness (QED) is 0.915. The minimum absolute atomic E-state index is 0. The van der Waals surface area contributed by atoms with E-state index in [9.17, 15) is 4.79 Å². The molecule has 1 unspecified atom stereocenters. The molecule has 1 aliphatic rings. The molecule has 5 nitrogen and oxygen atoms in total. The highest BCUT2D eigenvalue weighted by Crippen LogP contribution is 2.12. The summed E-state index contributed by atoms with van der Waals surface area (Å²) in [5.41, 5.74) is 1.56. The Labute approximate surface area is 130 Å². The first-order valence-corrected chi connectivity index (χ1v) is 6.16. The van der Waals surface area contributed by atoms with Gasteiger partial charge in [-0.3, -0.25) is 4.79 Å². The Balaban J connectivity index is 0.000001000. The normalized spacial score (nSPS) is 17.4. The molecule has 0 saturated carbocycles. The number of imidazole rings is 1. The second-order valence-corrected chi connectivity index (χ2v) is 4.67. The van der Waals surface area contributed by atoms with Crippen LogP contribution in [0.4, 0.5) is 0 Å². The van der Waals surface area contributed by atoms with Crippen molar-refractivity contribution in [2.45, 2.75) is 12.5 Å². The summed E-state index contributed by atoms with van der Waals surface area (Å²) in [5.74, 6) is 0.0688. The molecule has 0 bridgehead atoms. The first-order chi connectivity index (χ1) is 8.75. The van der Waals surface area contributed by atoms with Gasteiger partial charge in [-0.1, -0.05) is 0 Å². The van der Waals surface area contributed by atoms with Gasteiger partial charge in [-0.25, -0.2) is 4.98 Å². The first kappa shape index (κ1) is 16.8. The third kappa shape index (κ3) is 3.06. The van der Waals surface area contributed by atoms with Gasteiger partial charge in [-0.05, 0) is 25.1 Å². The number of likely N-dealkylation sites (N-methyl/N-ethyl adjacent to an activating group) is 1. The zero-order chi connectivity index (χ0) is 12.5. The van der Waals surface area contributed by atoms with E-state index in [0.29, 0.717) is 11.6 Å². The van der Waals surface area contributed by atoms with Crippen molar-refractivity contribution in [3.8, 4) is 0 Å². The fourth-order valence-corrected chi connectivity index (χ4v) is 2.39. The van der Waals surface area contributed by atoms with E-state index < -0.39 is 0 Å². The fraction of sp³-hybridized carbons (Fsp3) is 0.385. The maximum absolute atomic E-state index is 12.4. The van der Waals surface area contributed by atoms with Crippen LogP contribution in [0.25, 0.3) is 5.65 Å². The zero-order valence-corrected chi connectivity index (χ0v) is 12.8. The molecular formula is C13H18Cl2N4O. The summed E-state index contributed by atoms with van der Waals surface area (Å²) in [7, 11) is 1.87. The number of nitrogens with one attached hydrogen (secondary N) is 1. The zero-order valence-electron chi connectivity index (χ0n) is 11.2. The lowest BCUT2D eigenvalue weighted by molar-refractivity contribution is 0.0743. The van der Waals surface area contributed by atoms with Crippen LogP contribution in [0.1, 0.15) is 16.8 Å². The van der Waals surface area contributed by atoms with Crippen LogP contribution in [0.3, 0.4) is 0 Å². The maximum atomic E-state index is 12.4. The Hall–Kier alpha value is -1.30. The smallest absolute Gasteiger partial charge is 0.255 e. The topological polar surface area (TPSA) is 49.6 Å².